The lowest BCUT2D eigenvalue weighted by Crippen LogP contribution is -2.45. The third-order valence-electron chi connectivity index (χ3n) is 4.48. The lowest BCUT2D eigenvalue weighted by molar-refractivity contribution is 0.0923. The first-order valence-corrected chi connectivity index (χ1v) is 9.49. The first-order valence-electron chi connectivity index (χ1n) is 7.82. The second-order valence-corrected chi connectivity index (χ2v) is 7.85. The third kappa shape index (κ3) is 3.65. The Hall–Kier alpha value is -1.24. The van der Waals surface area contributed by atoms with Crippen molar-refractivity contribution in [3.63, 3.8) is 0 Å². The van der Waals surface area contributed by atoms with E-state index in [0.717, 1.165) is 28.7 Å². The van der Waals surface area contributed by atoms with Gasteiger partial charge < -0.3 is 11.1 Å². The van der Waals surface area contributed by atoms with Gasteiger partial charge in [0, 0.05) is 28.2 Å². The second-order valence-electron chi connectivity index (χ2n) is 5.99. The molecule has 4 nitrogen and oxygen atoms in total. The van der Waals surface area contributed by atoms with Crippen LogP contribution < -0.4 is 11.1 Å². The molecule has 6 heteroatoms. The molecule has 23 heavy (non-hydrogen) atoms. The fourth-order valence-corrected chi connectivity index (χ4v) is 4.18. The van der Waals surface area contributed by atoms with E-state index in [0.29, 0.717) is 18.8 Å². The molecule has 122 valence electrons. The summed E-state index contributed by atoms with van der Waals surface area (Å²) in [6, 6.07) is 8.40. The Morgan fingerprint density at radius 1 is 1.43 bits per heavy atom. The minimum atomic E-state index is -0.0919. The van der Waals surface area contributed by atoms with E-state index >= 15 is 0 Å². The first-order chi connectivity index (χ1) is 11.1. The fraction of sp³-hybridized carbons (Fsp3) is 0.412. The Morgan fingerprint density at radius 2 is 2.26 bits per heavy atom. The van der Waals surface area contributed by atoms with Crippen LogP contribution in [-0.2, 0) is 11.8 Å². The number of hydrogen-bond acceptors (Lipinski definition) is 4. The van der Waals surface area contributed by atoms with Crippen molar-refractivity contribution in [2.75, 3.05) is 13.1 Å². The number of nitrogens with zero attached hydrogens (tertiary/aromatic N) is 1. The third-order valence-corrected chi connectivity index (χ3v) is 5.88. The van der Waals surface area contributed by atoms with Gasteiger partial charge in [-0.15, -0.1) is 11.3 Å². The van der Waals surface area contributed by atoms with Crippen LogP contribution in [0, 0.1) is 0 Å². The molecule has 1 fully saturated rings. The van der Waals surface area contributed by atoms with Gasteiger partial charge in [0.1, 0.15) is 5.69 Å². The number of hydrogen-bond donors (Lipinski definition) is 2. The molecule has 1 saturated carbocycles. The molecule has 1 heterocycles. The van der Waals surface area contributed by atoms with E-state index in [9.17, 15) is 4.79 Å². The maximum atomic E-state index is 12.3. The Morgan fingerprint density at radius 3 is 2.91 bits per heavy atom. The van der Waals surface area contributed by atoms with Gasteiger partial charge in [-0.3, -0.25) is 4.79 Å². The average Bonchev–Trinajstić information content (AvgIpc) is 2.95. The Labute approximate surface area is 148 Å². The summed E-state index contributed by atoms with van der Waals surface area (Å²) in [6.45, 7) is 1.21. The molecule has 0 atom stereocenters. The van der Waals surface area contributed by atoms with Crippen molar-refractivity contribution in [3.05, 3.63) is 50.4 Å². The van der Waals surface area contributed by atoms with Gasteiger partial charge in [-0.2, -0.15) is 0 Å². The molecular weight excluding hydrogens is 374 g/mol. The van der Waals surface area contributed by atoms with E-state index in [-0.39, 0.29) is 11.3 Å². The fourth-order valence-electron chi connectivity index (χ4n) is 2.98. The van der Waals surface area contributed by atoms with Gasteiger partial charge in [0.05, 0.1) is 5.01 Å². The number of nitrogens with two attached hydrogens (primary N) is 1. The highest BCUT2D eigenvalue weighted by Gasteiger charge is 2.39. The molecule has 0 aliphatic heterocycles. The molecule has 2 aromatic rings. The van der Waals surface area contributed by atoms with Gasteiger partial charge in [-0.25, -0.2) is 4.98 Å². The summed E-state index contributed by atoms with van der Waals surface area (Å²) in [4.78, 5) is 16.7. The SMILES string of the molecule is NCCc1nc(C(=O)NCC2(c3cccc(Br)c3)CCC2)cs1. The molecule has 0 unspecified atom stereocenters. The largest absolute Gasteiger partial charge is 0.350 e. The zero-order valence-corrected chi connectivity index (χ0v) is 15.3. The Kier molecular flexibility index (Phi) is 5.14. The minimum Gasteiger partial charge on any atom is -0.350 e. The van der Waals surface area contributed by atoms with Gasteiger partial charge >= 0.3 is 0 Å². The summed E-state index contributed by atoms with van der Waals surface area (Å²) in [7, 11) is 0. The molecule has 0 saturated heterocycles. The topological polar surface area (TPSA) is 68.0 Å². The molecule has 3 N–H and O–H groups in total. The number of aromatic nitrogens is 1. The van der Waals surface area contributed by atoms with Gasteiger partial charge in [-0.05, 0) is 37.1 Å². The summed E-state index contributed by atoms with van der Waals surface area (Å²) in [5.41, 5.74) is 7.39. The highest BCUT2D eigenvalue weighted by molar-refractivity contribution is 9.10. The van der Waals surface area contributed by atoms with Crippen molar-refractivity contribution < 1.29 is 4.79 Å². The van der Waals surface area contributed by atoms with E-state index in [1.165, 1.54) is 23.3 Å². The molecule has 1 aromatic carbocycles. The molecule has 1 aromatic heterocycles. The van der Waals surface area contributed by atoms with E-state index in [1.807, 2.05) is 11.4 Å². The number of amides is 1. The molecule has 0 bridgehead atoms. The predicted molar refractivity (Wildman–Crippen MR) is 96.9 cm³/mol. The highest BCUT2D eigenvalue weighted by Crippen LogP contribution is 2.43. The van der Waals surface area contributed by atoms with E-state index < -0.39 is 0 Å². The maximum absolute atomic E-state index is 12.3. The number of carbonyl (C=O) groups is 1. The summed E-state index contributed by atoms with van der Waals surface area (Å²) in [6.07, 6.45) is 4.15. The first kappa shape index (κ1) is 16.6. The van der Waals surface area contributed by atoms with E-state index in [2.05, 4.69) is 44.4 Å². The summed E-state index contributed by atoms with van der Waals surface area (Å²) >= 11 is 5.03. The van der Waals surface area contributed by atoms with Crippen molar-refractivity contribution in [1.29, 1.82) is 0 Å². The predicted octanol–water partition coefficient (Wildman–Crippen LogP) is 3.26. The standard InChI is InChI=1S/C17H20BrN3OS/c18-13-4-1-3-12(9-13)17(6-2-7-17)11-20-16(22)14-10-23-15(21-14)5-8-19/h1,3-4,9-10H,2,5-8,11,19H2,(H,20,22). The van der Waals surface area contributed by atoms with Crippen LogP contribution in [0.25, 0.3) is 0 Å². The lowest BCUT2D eigenvalue weighted by atomic mass is 9.64. The van der Waals surface area contributed by atoms with Crippen LogP contribution in [0.3, 0.4) is 0 Å². The molecule has 0 spiro atoms. The van der Waals surface area contributed by atoms with Crippen molar-refractivity contribution in [2.24, 2.45) is 5.73 Å². The second kappa shape index (κ2) is 7.11. The van der Waals surface area contributed by atoms with E-state index in [4.69, 9.17) is 5.73 Å². The van der Waals surface area contributed by atoms with Crippen LogP contribution in [0.2, 0.25) is 0 Å². The van der Waals surface area contributed by atoms with Crippen molar-refractivity contribution in [3.8, 4) is 0 Å². The van der Waals surface area contributed by atoms with Crippen molar-refractivity contribution in [1.82, 2.24) is 10.3 Å². The van der Waals surface area contributed by atoms with Gasteiger partial charge in [0.15, 0.2) is 0 Å². The van der Waals surface area contributed by atoms with Crippen LogP contribution in [-0.4, -0.2) is 24.0 Å². The molecule has 1 aliphatic rings. The monoisotopic (exact) mass is 393 g/mol. The lowest BCUT2D eigenvalue weighted by Gasteiger charge is -2.42. The summed E-state index contributed by atoms with van der Waals surface area (Å²) in [5, 5.41) is 5.81. The van der Waals surface area contributed by atoms with Gasteiger partial charge in [0.2, 0.25) is 0 Å². The summed E-state index contributed by atoms with van der Waals surface area (Å²) < 4.78 is 1.08. The highest BCUT2D eigenvalue weighted by atomic mass is 79.9. The molecular formula is C17H20BrN3OS. The van der Waals surface area contributed by atoms with Crippen molar-refractivity contribution >= 4 is 33.2 Å². The van der Waals surface area contributed by atoms with Crippen LogP contribution in [0.15, 0.2) is 34.1 Å². The smallest absolute Gasteiger partial charge is 0.270 e. The Bertz CT molecular complexity index is 697. The average molecular weight is 394 g/mol. The number of nitrogens with one attached hydrogen (secondary N) is 1. The van der Waals surface area contributed by atoms with Crippen LogP contribution in [0.5, 0.6) is 0 Å². The Balaban J connectivity index is 1.67. The van der Waals surface area contributed by atoms with Crippen LogP contribution in [0.1, 0.15) is 40.3 Å². The zero-order valence-electron chi connectivity index (χ0n) is 12.8. The van der Waals surface area contributed by atoms with Crippen molar-refractivity contribution in [2.45, 2.75) is 31.1 Å². The molecule has 0 radical (unpaired) electrons. The van der Waals surface area contributed by atoms with Gasteiger partial charge in [0.25, 0.3) is 5.91 Å². The van der Waals surface area contributed by atoms with E-state index in [1.54, 1.807) is 0 Å². The van der Waals surface area contributed by atoms with Crippen LogP contribution in [0.4, 0.5) is 0 Å². The molecule has 1 aliphatic carbocycles. The zero-order chi connectivity index (χ0) is 16.3. The number of benzene rings is 1. The maximum Gasteiger partial charge on any atom is 0.270 e. The minimum absolute atomic E-state index is 0.0650. The number of thiazole rings is 1. The number of rotatable bonds is 6. The van der Waals surface area contributed by atoms with Gasteiger partial charge in [-0.1, -0.05) is 34.5 Å². The molecule has 1 amide bonds. The number of halogens is 1. The van der Waals surface area contributed by atoms with Crippen LogP contribution >= 0.6 is 27.3 Å². The molecule has 3 rings (SSSR count). The number of carbonyl (C=O) groups excluding carboxylic acids is 1. The quantitative estimate of drug-likeness (QED) is 0.790. The normalized spacial score (nSPS) is 15.9. The summed E-state index contributed by atoms with van der Waals surface area (Å²) in [5.74, 6) is -0.0919.